The molecule has 6 nitrogen and oxygen atoms in total. The molecule has 130 valence electrons. The molecule has 0 atom stereocenters. The zero-order valence-electron chi connectivity index (χ0n) is 14.1. The van der Waals surface area contributed by atoms with E-state index in [1.54, 1.807) is 24.4 Å². The van der Waals surface area contributed by atoms with E-state index in [1.807, 2.05) is 24.3 Å². The summed E-state index contributed by atoms with van der Waals surface area (Å²) in [5, 5.41) is 7.98. The lowest BCUT2D eigenvalue weighted by Crippen LogP contribution is -2.12. The summed E-state index contributed by atoms with van der Waals surface area (Å²) in [6.07, 6.45) is 3.16. The number of nitrogens with one attached hydrogen (secondary N) is 1. The number of hydrogen-bond donors (Lipinski definition) is 1. The Kier molecular flexibility index (Phi) is 5.40. The van der Waals surface area contributed by atoms with Crippen molar-refractivity contribution in [2.45, 2.75) is 20.1 Å². The Morgan fingerprint density at radius 3 is 2.64 bits per heavy atom. The Bertz CT molecular complexity index is 837. The largest absolute Gasteiger partial charge is 0.493 e. The van der Waals surface area contributed by atoms with Crippen LogP contribution in [0, 0.1) is 6.92 Å². The van der Waals surface area contributed by atoms with Crippen LogP contribution in [0.1, 0.15) is 16.7 Å². The summed E-state index contributed by atoms with van der Waals surface area (Å²) in [4.78, 5) is 0. The minimum Gasteiger partial charge on any atom is -0.493 e. The van der Waals surface area contributed by atoms with Crippen molar-refractivity contribution in [3.8, 4) is 11.5 Å². The number of benzene rings is 2. The number of hydrogen-bond acceptors (Lipinski definition) is 5. The predicted molar refractivity (Wildman–Crippen MR) is 96.6 cm³/mol. The number of halogens is 1. The van der Waals surface area contributed by atoms with Gasteiger partial charge in [0.2, 0.25) is 0 Å². The van der Waals surface area contributed by atoms with Crippen molar-refractivity contribution in [3.63, 3.8) is 0 Å². The maximum atomic E-state index is 6.41. The molecule has 0 amide bonds. The third-order valence-corrected chi connectivity index (χ3v) is 3.92. The summed E-state index contributed by atoms with van der Waals surface area (Å²) in [7, 11) is 1.60. The van der Waals surface area contributed by atoms with Crippen molar-refractivity contribution in [2.75, 3.05) is 12.5 Å². The molecule has 0 bridgehead atoms. The summed E-state index contributed by atoms with van der Waals surface area (Å²) >= 11 is 6.41. The van der Waals surface area contributed by atoms with E-state index in [-0.39, 0.29) is 0 Å². The molecule has 0 fully saturated rings. The summed E-state index contributed by atoms with van der Waals surface area (Å²) in [6.45, 7) is 3.02. The van der Waals surface area contributed by atoms with Gasteiger partial charge >= 0.3 is 0 Å². The Balaban J connectivity index is 1.72. The van der Waals surface area contributed by atoms with Crippen molar-refractivity contribution < 1.29 is 9.47 Å². The summed E-state index contributed by atoms with van der Waals surface area (Å²) in [5.74, 6) is 1.14. The van der Waals surface area contributed by atoms with Crippen molar-refractivity contribution in [1.82, 2.24) is 14.9 Å². The van der Waals surface area contributed by atoms with Gasteiger partial charge in [-0.1, -0.05) is 41.4 Å². The summed E-state index contributed by atoms with van der Waals surface area (Å²) < 4.78 is 13.0. The predicted octanol–water partition coefficient (Wildman–Crippen LogP) is 3.57. The van der Waals surface area contributed by atoms with Gasteiger partial charge in [-0.05, 0) is 30.2 Å². The van der Waals surface area contributed by atoms with E-state index >= 15 is 0 Å². The molecular formula is C18H19ClN4O2. The van der Waals surface area contributed by atoms with Gasteiger partial charge in [-0.25, -0.2) is 4.68 Å². The van der Waals surface area contributed by atoms with Crippen LogP contribution in [0.15, 0.2) is 49.1 Å². The highest BCUT2D eigenvalue weighted by molar-refractivity contribution is 6.32. The van der Waals surface area contributed by atoms with Gasteiger partial charge in [0.1, 0.15) is 19.3 Å². The molecule has 0 radical (unpaired) electrons. The van der Waals surface area contributed by atoms with Crippen molar-refractivity contribution >= 4 is 11.6 Å². The second kappa shape index (κ2) is 7.90. The van der Waals surface area contributed by atoms with Crippen LogP contribution in [0.25, 0.3) is 0 Å². The molecule has 0 aliphatic carbocycles. The minimum absolute atomic E-state index is 0.427. The van der Waals surface area contributed by atoms with Crippen LogP contribution >= 0.6 is 11.6 Å². The second-order valence-electron chi connectivity index (χ2n) is 5.59. The van der Waals surface area contributed by atoms with Crippen molar-refractivity contribution in [1.29, 1.82) is 0 Å². The van der Waals surface area contributed by atoms with Gasteiger partial charge in [0.05, 0.1) is 18.7 Å². The van der Waals surface area contributed by atoms with E-state index in [1.165, 1.54) is 5.56 Å². The fourth-order valence-corrected chi connectivity index (χ4v) is 2.73. The van der Waals surface area contributed by atoms with E-state index in [4.69, 9.17) is 21.1 Å². The number of nitrogens with zero attached hydrogens (tertiary/aromatic N) is 3. The molecule has 0 unspecified atom stereocenters. The molecule has 0 spiro atoms. The van der Waals surface area contributed by atoms with Crippen molar-refractivity contribution in [2.24, 2.45) is 0 Å². The van der Waals surface area contributed by atoms with Crippen LogP contribution in [0.5, 0.6) is 11.5 Å². The first-order chi connectivity index (χ1) is 12.2. The van der Waals surface area contributed by atoms with Crippen LogP contribution < -0.4 is 14.9 Å². The lowest BCUT2D eigenvalue weighted by atomic mass is 10.1. The highest BCUT2D eigenvalue weighted by Gasteiger charge is 2.12. The Hall–Kier alpha value is -2.73. The van der Waals surface area contributed by atoms with E-state index in [0.717, 1.165) is 11.1 Å². The first-order valence-corrected chi connectivity index (χ1v) is 8.17. The monoisotopic (exact) mass is 358 g/mol. The molecule has 0 saturated heterocycles. The van der Waals surface area contributed by atoms with Crippen LogP contribution in [0.2, 0.25) is 5.02 Å². The Morgan fingerprint density at radius 1 is 1.12 bits per heavy atom. The van der Waals surface area contributed by atoms with Gasteiger partial charge in [0.15, 0.2) is 11.5 Å². The topological polar surface area (TPSA) is 61.2 Å². The minimum atomic E-state index is 0.427. The number of methoxy groups -OCH3 is 1. The second-order valence-corrected chi connectivity index (χ2v) is 6.00. The number of aryl methyl sites for hydroxylation is 1. The molecule has 3 rings (SSSR count). The number of aromatic nitrogens is 3. The average Bonchev–Trinajstić information content (AvgIpc) is 3.12. The molecule has 3 aromatic rings. The van der Waals surface area contributed by atoms with E-state index in [9.17, 15) is 0 Å². The summed E-state index contributed by atoms with van der Waals surface area (Å²) in [5.41, 5.74) is 6.37. The number of rotatable bonds is 7. The van der Waals surface area contributed by atoms with Crippen LogP contribution in [-0.4, -0.2) is 22.0 Å². The third-order valence-electron chi connectivity index (χ3n) is 3.64. The Labute approximate surface area is 151 Å². The van der Waals surface area contributed by atoms with Gasteiger partial charge < -0.3 is 14.9 Å². The zero-order chi connectivity index (χ0) is 17.6. The standard InChI is InChI=1S/C18H19ClN4O2/c1-13-4-3-5-14(6-13)10-25-18-16(19)7-15(8-17(18)24-2)9-22-23-11-20-21-12-23/h3-8,11-12,22H,9-10H2,1-2H3. The highest BCUT2D eigenvalue weighted by Crippen LogP contribution is 2.37. The maximum Gasteiger partial charge on any atom is 0.180 e. The first-order valence-electron chi connectivity index (χ1n) is 7.79. The number of ether oxygens (including phenoxy) is 2. The van der Waals surface area contributed by atoms with E-state index < -0.39 is 0 Å². The smallest absolute Gasteiger partial charge is 0.180 e. The van der Waals surface area contributed by atoms with Gasteiger partial charge in [0, 0.05) is 0 Å². The molecule has 0 aliphatic rings. The Morgan fingerprint density at radius 2 is 1.92 bits per heavy atom. The summed E-state index contributed by atoms with van der Waals surface area (Å²) in [6, 6.07) is 11.9. The third kappa shape index (κ3) is 4.42. The molecule has 1 N–H and O–H groups in total. The van der Waals surface area contributed by atoms with Gasteiger partial charge in [-0.2, -0.15) is 0 Å². The fourth-order valence-electron chi connectivity index (χ4n) is 2.44. The average molecular weight is 359 g/mol. The molecule has 7 heteroatoms. The highest BCUT2D eigenvalue weighted by atomic mass is 35.5. The van der Waals surface area contributed by atoms with E-state index in [0.29, 0.717) is 29.7 Å². The molecular weight excluding hydrogens is 340 g/mol. The quantitative estimate of drug-likeness (QED) is 0.699. The van der Waals surface area contributed by atoms with Crippen molar-refractivity contribution in [3.05, 3.63) is 70.8 Å². The van der Waals surface area contributed by atoms with Gasteiger partial charge in [0.25, 0.3) is 0 Å². The van der Waals surface area contributed by atoms with E-state index in [2.05, 4.69) is 34.7 Å². The zero-order valence-corrected chi connectivity index (χ0v) is 14.8. The van der Waals surface area contributed by atoms with Gasteiger partial charge in [-0.15, -0.1) is 10.2 Å². The SMILES string of the molecule is COc1cc(CNn2cnnc2)cc(Cl)c1OCc1cccc(C)c1. The molecule has 0 aliphatic heterocycles. The van der Waals surface area contributed by atoms with Crippen LogP contribution in [0.3, 0.4) is 0 Å². The normalized spacial score (nSPS) is 10.5. The molecule has 1 aromatic heterocycles. The molecule has 1 heterocycles. The lowest BCUT2D eigenvalue weighted by molar-refractivity contribution is 0.284. The molecule has 25 heavy (non-hydrogen) atoms. The molecule has 2 aromatic carbocycles. The maximum absolute atomic E-state index is 6.41. The van der Waals surface area contributed by atoms with Gasteiger partial charge in [-0.3, -0.25) is 0 Å². The molecule has 0 saturated carbocycles. The first kappa shape index (κ1) is 17.1. The van der Waals surface area contributed by atoms with Crippen LogP contribution in [0.4, 0.5) is 0 Å². The lowest BCUT2D eigenvalue weighted by Gasteiger charge is -2.15. The fraction of sp³-hybridized carbons (Fsp3) is 0.222. The van der Waals surface area contributed by atoms with Crippen LogP contribution in [-0.2, 0) is 13.2 Å².